The number of carbonyl (C=O) groups excluding carboxylic acids is 1. The fraction of sp³-hybridized carbons (Fsp3) is 0.947. The highest BCUT2D eigenvalue weighted by molar-refractivity contribution is 5.65. The number of unbranched alkanes of at least 4 members (excludes halogenated alkanes) is 9. The Morgan fingerprint density at radius 1 is 0.920 bits per heavy atom. The van der Waals surface area contributed by atoms with Gasteiger partial charge in [-0.05, 0) is 12.8 Å². The van der Waals surface area contributed by atoms with Crippen molar-refractivity contribution in [2.24, 2.45) is 0 Å². The molecule has 0 radical (unpaired) electrons. The Kier molecular flexibility index (Phi) is 16.3. The molecule has 0 fully saturated rings. The van der Waals surface area contributed by atoms with Crippen molar-refractivity contribution in [1.29, 1.82) is 0 Å². The van der Waals surface area contributed by atoms with Gasteiger partial charge in [-0.1, -0.05) is 58.3 Å². The second-order valence-corrected chi connectivity index (χ2v) is 6.90. The number of ether oxygens (including phenoxy) is 1. The van der Waals surface area contributed by atoms with Crippen molar-refractivity contribution in [3.8, 4) is 0 Å². The van der Waals surface area contributed by atoms with Crippen LogP contribution in [0.3, 0.4) is 0 Å². The Bertz CT molecular complexity index is 314. The van der Waals surface area contributed by atoms with Crippen LogP contribution in [0.25, 0.3) is 0 Å². The van der Waals surface area contributed by atoms with Crippen LogP contribution in [0.4, 0.5) is 0 Å². The number of rotatable bonds is 19. The SMILES string of the molecule is CCCCCCCCCCCC[N+](C)(CC(=O)[O-])OCCOCCO. The zero-order valence-electron chi connectivity index (χ0n) is 16.3. The molecule has 0 aromatic carbocycles. The number of carboxylic acid groups (broad SMARTS) is 1. The van der Waals surface area contributed by atoms with Gasteiger partial charge in [-0.25, -0.2) is 4.84 Å². The van der Waals surface area contributed by atoms with Crippen molar-refractivity contribution >= 4 is 5.97 Å². The Balaban J connectivity index is 3.78. The minimum atomic E-state index is -1.11. The van der Waals surface area contributed by atoms with Crippen molar-refractivity contribution < 1.29 is 29.2 Å². The zero-order chi connectivity index (χ0) is 18.8. The highest BCUT2D eigenvalue weighted by Crippen LogP contribution is 2.13. The lowest BCUT2D eigenvalue weighted by Crippen LogP contribution is -2.52. The average molecular weight is 362 g/mol. The van der Waals surface area contributed by atoms with Gasteiger partial charge in [0.1, 0.15) is 19.7 Å². The molecule has 0 aromatic heterocycles. The van der Waals surface area contributed by atoms with E-state index in [1.807, 2.05) is 0 Å². The lowest BCUT2D eigenvalue weighted by Gasteiger charge is -2.31. The second kappa shape index (κ2) is 16.8. The summed E-state index contributed by atoms with van der Waals surface area (Å²) in [6.45, 7) is 3.64. The molecule has 1 N–H and O–H groups in total. The van der Waals surface area contributed by atoms with Crippen LogP contribution < -0.4 is 5.11 Å². The minimum Gasteiger partial charge on any atom is -0.544 e. The van der Waals surface area contributed by atoms with Gasteiger partial charge < -0.3 is 19.7 Å². The molecule has 25 heavy (non-hydrogen) atoms. The van der Waals surface area contributed by atoms with Crippen LogP contribution in [0.15, 0.2) is 0 Å². The molecule has 150 valence electrons. The van der Waals surface area contributed by atoms with Crippen molar-refractivity contribution in [3.05, 3.63) is 0 Å². The van der Waals surface area contributed by atoms with Crippen LogP contribution in [-0.4, -0.2) is 62.3 Å². The van der Waals surface area contributed by atoms with E-state index in [4.69, 9.17) is 14.7 Å². The van der Waals surface area contributed by atoms with Gasteiger partial charge >= 0.3 is 0 Å². The molecule has 0 saturated heterocycles. The van der Waals surface area contributed by atoms with E-state index in [2.05, 4.69) is 6.92 Å². The van der Waals surface area contributed by atoms with Crippen LogP contribution in [-0.2, 0) is 14.4 Å². The Morgan fingerprint density at radius 3 is 2.00 bits per heavy atom. The number of hydroxylamine groups is 3. The zero-order valence-corrected chi connectivity index (χ0v) is 16.3. The number of likely N-dealkylation sites (N-methyl/N-ethyl adjacent to an activating group) is 1. The van der Waals surface area contributed by atoms with Crippen molar-refractivity contribution in [3.63, 3.8) is 0 Å². The van der Waals surface area contributed by atoms with E-state index in [1.54, 1.807) is 7.05 Å². The van der Waals surface area contributed by atoms with Crippen LogP contribution in [0.1, 0.15) is 71.1 Å². The molecule has 0 amide bonds. The lowest BCUT2D eigenvalue weighted by atomic mass is 10.1. The first-order valence-electron chi connectivity index (χ1n) is 9.91. The predicted molar refractivity (Wildman–Crippen MR) is 96.6 cm³/mol. The van der Waals surface area contributed by atoms with Crippen LogP contribution >= 0.6 is 0 Å². The molecule has 1 unspecified atom stereocenters. The molecule has 0 rings (SSSR count). The van der Waals surface area contributed by atoms with Crippen LogP contribution in [0.5, 0.6) is 0 Å². The van der Waals surface area contributed by atoms with E-state index in [9.17, 15) is 9.90 Å². The summed E-state index contributed by atoms with van der Waals surface area (Å²) in [5.41, 5.74) is 0. The molecule has 0 aromatic rings. The van der Waals surface area contributed by atoms with E-state index in [0.717, 1.165) is 12.8 Å². The first kappa shape index (κ1) is 24.3. The number of hydrogen-bond donors (Lipinski definition) is 1. The van der Waals surface area contributed by atoms with E-state index < -0.39 is 5.97 Å². The van der Waals surface area contributed by atoms with Crippen molar-refractivity contribution in [2.75, 3.05) is 46.6 Å². The van der Waals surface area contributed by atoms with Gasteiger partial charge in [-0.2, -0.15) is 4.65 Å². The summed E-state index contributed by atoms with van der Waals surface area (Å²) in [5.74, 6) is -1.11. The summed E-state index contributed by atoms with van der Waals surface area (Å²) in [5, 5.41) is 19.6. The summed E-state index contributed by atoms with van der Waals surface area (Å²) < 4.78 is 5.16. The molecule has 0 spiro atoms. The highest BCUT2D eigenvalue weighted by Gasteiger charge is 2.23. The number of aliphatic hydroxyl groups is 1. The number of carbonyl (C=O) groups is 1. The van der Waals surface area contributed by atoms with E-state index in [1.165, 1.54) is 51.4 Å². The summed E-state index contributed by atoms with van der Waals surface area (Å²) in [7, 11) is 1.77. The second-order valence-electron chi connectivity index (χ2n) is 6.90. The number of quaternary nitrogens is 1. The van der Waals surface area contributed by atoms with Crippen molar-refractivity contribution in [1.82, 2.24) is 0 Å². The number of aliphatic hydroxyl groups excluding tert-OH is 1. The predicted octanol–water partition coefficient (Wildman–Crippen LogP) is 2.04. The Morgan fingerprint density at radius 2 is 1.48 bits per heavy atom. The topological polar surface area (TPSA) is 78.8 Å². The Labute approximate surface area is 153 Å². The fourth-order valence-electron chi connectivity index (χ4n) is 2.88. The number of hydrogen-bond acceptors (Lipinski definition) is 5. The van der Waals surface area contributed by atoms with Gasteiger partial charge in [-0.3, -0.25) is 0 Å². The fourth-order valence-corrected chi connectivity index (χ4v) is 2.88. The Hall–Kier alpha value is -0.690. The summed E-state index contributed by atoms with van der Waals surface area (Å²) in [4.78, 5) is 16.6. The van der Waals surface area contributed by atoms with Gasteiger partial charge in [0.25, 0.3) is 0 Å². The molecule has 0 aliphatic heterocycles. The van der Waals surface area contributed by atoms with Gasteiger partial charge in [0.15, 0.2) is 0 Å². The highest BCUT2D eigenvalue weighted by atomic mass is 16.7. The van der Waals surface area contributed by atoms with Crippen LogP contribution in [0, 0.1) is 0 Å². The number of nitrogens with zero attached hydrogens (tertiary/aromatic N) is 1. The maximum atomic E-state index is 11.0. The maximum absolute atomic E-state index is 11.0. The smallest absolute Gasteiger partial charge is 0.148 e. The first-order chi connectivity index (χ1) is 12.0. The minimum absolute atomic E-state index is 0.0157. The number of carboxylic acids is 1. The third kappa shape index (κ3) is 16.5. The molecule has 0 heterocycles. The molecule has 1 atom stereocenters. The molecular formula is C19H39NO5. The van der Waals surface area contributed by atoms with E-state index in [0.29, 0.717) is 19.8 Å². The third-order valence-corrected chi connectivity index (χ3v) is 4.31. The summed E-state index contributed by atoms with van der Waals surface area (Å²) >= 11 is 0. The molecule has 6 nitrogen and oxygen atoms in total. The molecular weight excluding hydrogens is 322 g/mol. The lowest BCUT2D eigenvalue weighted by molar-refractivity contribution is -1.09. The van der Waals surface area contributed by atoms with E-state index >= 15 is 0 Å². The molecule has 0 bridgehead atoms. The van der Waals surface area contributed by atoms with Gasteiger partial charge in [0, 0.05) is 0 Å². The van der Waals surface area contributed by atoms with Crippen LogP contribution in [0.2, 0.25) is 0 Å². The third-order valence-electron chi connectivity index (χ3n) is 4.31. The molecule has 0 saturated carbocycles. The standard InChI is InChI=1S/C19H39NO5/c1-3-4-5-6-7-8-9-10-11-12-13-20(2,18-19(22)23)25-17-16-24-15-14-21/h21H,3-18H2,1-2H3. The van der Waals surface area contributed by atoms with Gasteiger partial charge in [0.05, 0.1) is 32.8 Å². The summed E-state index contributed by atoms with van der Waals surface area (Å²) in [6.07, 6.45) is 12.5. The van der Waals surface area contributed by atoms with Gasteiger partial charge in [-0.15, -0.1) is 0 Å². The molecule has 0 aliphatic carbocycles. The maximum Gasteiger partial charge on any atom is 0.148 e. The normalized spacial score (nSPS) is 13.7. The van der Waals surface area contributed by atoms with Crippen molar-refractivity contribution in [2.45, 2.75) is 71.1 Å². The average Bonchev–Trinajstić information content (AvgIpc) is 2.56. The van der Waals surface area contributed by atoms with E-state index in [-0.39, 0.29) is 24.4 Å². The summed E-state index contributed by atoms with van der Waals surface area (Å²) in [6, 6.07) is 0. The monoisotopic (exact) mass is 361 g/mol. The first-order valence-corrected chi connectivity index (χ1v) is 9.91. The number of aliphatic carboxylic acids is 1. The molecule has 6 heteroatoms. The quantitative estimate of drug-likeness (QED) is 0.216. The largest absolute Gasteiger partial charge is 0.544 e. The van der Waals surface area contributed by atoms with Gasteiger partial charge in [0.2, 0.25) is 0 Å². The molecule has 0 aliphatic rings.